The molecule has 0 fully saturated rings. The first-order valence-corrected chi connectivity index (χ1v) is 5.94. The first-order valence-electron chi connectivity index (χ1n) is 5.17. The van der Waals surface area contributed by atoms with Gasteiger partial charge in [-0.3, -0.25) is 0 Å². The zero-order valence-electron chi connectivity index (χ0n) is 9.69. The average Bonchev–Trinajstić information content (AvgIpc) is 2.64. The van der Waals surface area contributed by atoms with Gasteiger partial charge in [0.1, 0.15) is 0 Å². The van der Waals surface area contributed by atoms with Crippen LogP contribution in [0.15, 0.2) is 24.3 Å². The summed E-state index contributed by atoms with van der Waals surface area (Å²) in [6.45, 7) is 6.59. The van der Waals surface area contributed by atoms with Gasteiger partial charge < -0.3 is 5.73 Å². The first-order chi connectivity index (χ1) is 7.47. The molecule has 2 aromatic rings. The topological polar surface area (TPSA) is 51.8 Å². The van der Waals surface area contributed by atoms with Crippen LogP contribution in [0.5, 0.6) is 0 Å². The molecule has 0 saturated carbocycles. The smallest absolute Gasteiger partial charge is 0.200 e. The van der Waals surface area contributed by atoms with Gasteiger partial charge in [-0.1, -0.05) is 45.0 Å². The van der Waals surface area contributed by atoms with Crippen LogP contribution in [0.2, 0.25) is 0 Å². The van der Waals surface area contributed by atoms with E-state index in [1.54, 1.807) is 0 Å². The van der Waals surface area contributed by atoms with Crippen LogP contribution in [-0.2, 0) is 5.41 Å². The summed E-state index contributed by atoms with van der Waals surface area (Å²) in [5, 5.41) is 0.509. The first kappa shape index (κ1) is 11.1. The SMILES string of the molecule is CC(C)(C)c1ccc(-c2nsc(N)n2)cc1. The quantitative estimate of drug-likeness (QED) is 0.823. The fraction of sp³-hybridized carbons (Fsp3) is 0.333. The third-order valence-corrected chi connectivity index (χ3v) is 2.99. The van der Waals surface area contributed by atoms with Crippen molar-refractivity contribution in [2.24, 2.45) is 0 Å². The van der Waals surface area contributed by atoms with Gasteiger partial charge in [0, 0.05) is 17.1 Å². The lowest BCUT2D eigenvalue weighted by Crippen LogP contribution is -2.10. The van der Waals surface area contributed by atoms with Crippen LogP contribution in [0.25, 0.3) is 11.4 Å². The lowest BCUT2D eigenvalue weighted by atomic mass is 9.87. The third kappa shape index (κ3) is 2.22. The predicted molar refractivity (Wildman–Crippen MR) is 68.5 cm³/mol. The Hall–Kier alpha value is -1.42. The maximum atomic E-state index is 5.56. The Balaban J connectivity index is 2.33. The lowest BCUT2D eigenvalue weighted by molar-refractivity contribution is 0.590. The minimum Gasteiger partial charge on any atom is -0.374 e. The predicted octanol–water partition coefficient (Wildman–Crippen LogP) is 3.08. The maximum Gasteiger partial charge on any atom is 0.200 e. The van der Waals surface area contributed by atoms with E-state index in [1.165, 1.54) is 17.1 Å². The number of nitrogens with zero attached hydrogens (tertiary/aromatic N) is 2. The number of nitrogen functional groups attached to an aromatic ring is 1. The molecule has 2 N–H and O–H groups in total. The lowest BCUT2D eigenvalue weighted by Gasteiger charge is -2.18. The Morgan fingerprint density at radius 2 is 1.75 bits per heavy atom. The van der Waals surface area contributed by atoms with Crippen molar-refractivity contribution in [2.75, 3.05) is 5.73 Å². The average molecular weight is 233 g/mol. The monoisotopic (exact) mass is 233 g/mol. The van der Waals surface area contributed by atoms with Crippen molar-refractivity contribution in [3.8, 4) is 11.4 Å². The fourth-order valence-electron chi connectivity index (χ4n) is 1.47. The molecule has 0 radical (unpaired) electrons. The van der Waals surface area contributed by atoms with Crippen molar-refractivity contribution < 1.29 is 0 Å². The summed E-state index contributed by atoms with van der Waals surface area (Å²) in [6, 6.07) is 8.32. The number of anilines is 1. The van der Waals surface area contributed by atoms with Gasteiger partial charge in [0.05, 0.1) is 0 Å². The van der Waals surface area contributed by atoms with Crippen LogP contribution in [0.3, 0.4) is 0 Å². The molecule has 1 aromatic heterocycles. The normalized spacial score (nSPS) is 11.7. The Morgan fingerprint density at radius 1 is 1.12 bits per heavy atom. The molecule has 0 saturated heterocycles. The summed E-state index contributed by atoms with van der Waals surface area (Å²) in [7, 11) is 0. The van der Waals surface area contributed by atoms with Crippen LogP contribution in [0, 0.1) is 0 Å². The van der Waals surface area contributed by atoms with Crippen molar-refractivity contribution >= 4 is 16.7 Å². The Labute approximate surface area is 99.5 Å². The van der Waals surface area contributed by atoms with E-state index in [0.717, 1.165) is 5.56 Å². The molecule has 2 rings (SSSR count). The number of hydrogen-bond acceptors (Lipinski definition) is 4. The van der Waals surface area contributed by atoms with Crippen LogP contribution in [-0.4, -0.2) is 9.36 Å². The molecule has 0 unspecified atom stereocenters. The van der Waals surface area contributed by atoms with Crippen LogP contribution >= 0.6 is 11.5 Å². The second-order valence-corrected chi connectivity index (χ2v) is 5.57. The highest BCUT2D eigenvalue weighted by atomic mass is 32.1. The number of aromatic nitrogens is 2. The number of hydrogen-bond donors (Lipinski definition) is 1. The van der Waals surface area contributed by atoms with E-state index in [4.69, 9.17) is 5.73 Å². The van der Waals surface area contributed by atoms with Crippen molar-refractivity contribution in [3.63, 3.8) is 0 Å². The summed E-state index contributed by atoms with van der Waals surface area (Å²) in [5.41, 5.74) is 8.05. The second-order valence-electron chi connectivity index (χ2n) is 4.78. The third-order valence-electron chi connectivity index (χ3n) is 2.45. The van der Waals surface area contributed by atoms with Crippen molar-refractivity contribution in [1.82, 2.24) is 9.36 Å². The molecule has 0 aliphatic carbocycles. The fourth-order valence-corrected chi connectivity index (χ4v) is 1.93. The number of nitrogens with two attached hydrogens (primary N) is 1. The van der Waals surface area contributed by atoms with Crippen LogP contribution in [0.4, 0.5) is 5.13 Å². The van der Waals surface area contributed by atoms with Crippen molar-refractivity contribution in [2.45, 2.75) is 26.2 Å². The summed E-state index contributed by atoms with van der Waals surface area (Å²) in [5.74, 6) is 0.711. The van der Waals surface area contributed by atoms with E-state index >= 15 is 0 Å². The van der Waals surface area contributed by atoms with E-state index in [2.05, 4.69) is 42.3 Å². The van der Waals surface area contributed by atoms with Gasteiger partial charge in [0.15, 0.2) is 11.0 Å². The van der Waals surface area contributed by atoms with Crippen molar-refractivity contribution in [1.29, 1.82) is 0 Å². The van der Waals surface area contributed by atoms with E-state index < -0.39 is 0 Å². The molecule has 1 aromatic carbocycles. The molecule has 3 nitrogen and oxygen atoms in total. The van der Waals surface area contributed by atoms with Gasteiger partial charge in [-0.15, -0.1) is 0 Å². The summed E-state index contributed by atoms with van der Waals surface area (Å²) in [4.78, 5) is 4.16. The Kier molecular flexibility index (Phi) is 2.68. The highest BCUT2D eigenvalue weighted by Gasteiger charge is 2.13. The molecule has 0 amide bonds. The summed E-state index contributed by atoms with van der Waals surface area (Å²) >= 11 is 1.23. The molecule has 16 heavy (non-hydrogen) atoms. The molecule has 0 aliphatic heterocycles. The van der Waals surface area contributed by atoms with Crippen LogP contribution < -0.4 is 5.73 Å². The van der Waals surface area contributed by atoms with Gasteiger partial charge in [0.25, 0.3) is 0 Å². The van der Waals surface area contributed by atoms with Gasteiger partial charge in [-0.25, -0.2) is 0 Å². The minimum absolute atomic E-state index is 0.174. The van der Waals surface area contributed by atoms with Crippen molar-refractivity contribution in [3.05, 3.63) is 29.8 Å². The zero-order valence-corrected chi connectivity index (χ0v) is 10.5. The van der Waals surface area contributed by atoms with E-state index in [1.807, 2.05) is 12.1 Å². The van der Waals surface area contributed by atoms with Gasteiger partial charge in [-0.2, -0.15) is 9.36 Å². The summed E-state index contributed by atoms with van der Waals surface area (Å²) in [6.07, 6.45) is 0. The van der Waals surface area contributed by atoms with Gasteiger partial charge >= 0.3 is 0 Å². The number of benzene rings is 1. The highest BCUT2D eigenvalue weighted by molar-refractivity contribution is 7.09. The molecular formula is C12H15N3S. The van der Waals surface area contributed by atoms with Gasteiger partial charge in [-0.05, 0) is 11.0 Å². The Bertz CT molecular complexity index is 480. The molecule has 1 heterocycles. The molecule has 0 spiro atoms. The Morgan fingerprint density at radius 3 is 2.19 bits per heavy atom. The molecule has 0 aliphatic rings. The zero-order chi connectivity index (χ0) is 11.8. The second kappa shape index (κ2) is 3.87. The highest BCUT2D eigenvalue weighted by Crippen LogP contribution is 2.25. The molecule has 0 bridgehead atoms. The molecule has 4 heteroatoms. The van der Waals surface area contributed by atoms with E-state index in [9.17, 15) is 0 Å². The number of rotatable bonds is 1. The van der Waals surface area contributed by atoms with E-state index in [0.29, 0.717) is 11.0 Å². The largest absolute Gasteiger partial charge is 0.374 e. The molecular weight excluding hydrogens is 218 g/mol. The maximum absolute atomic E-state index is 5.56. The molecule has 0 atom stereocenters. The standard InChI is InChI=1S/C12H15N3S/c1-12(2,3)9-6-4-8(5-7-9)10-14-11(13)16-15-10/h4-7H,1-3H3,(H2,13,14,15). The molecule has 84 valence electrons. The van der Waals surface area contributed by atoms with Gasteiger partial charge in [0.2, 0.25) is 0 Å². The summed E-state index contributed by atoms with van der Waals surface area (Å²) < 4.78 is 4.18. The van der Waals surface area contributed by atoms with Crippen LogP contribution in [0.1, 0.15) is 26.3 Å². The van der Waals surface area contributed by atoms with E-state index in [-0.39, 0.29) is 5.41 Å². The minimum atomic E-state index is 0.174.